The van der Waals surface area contributed by atoms with E-state index < -0.39 is 6.10 Å². The summed E-state index contributed by atoms with van der Waals surface area (Å²) < 4.78 is 16.5. The van der Waals surface area contributed by atoms with Gasteiger partial charge in [-0.15, -0.1) is 0 Å². The zero-order valence-corrected chi connectivity index (χ0v) is 21.1. The molecule has 0 spiro atoms. The van der Waals surface area contributed by atoms with Gasteiger partial charge in [-0.2, -0.15) is 0 Å². The zero-order chi connectivity index (χ0) is 25.8. The number of aliphatic hydroxyl groups is 1. The highest BCUT2D eigenvalue weighted by Crippen LogP contribution is 2.48. The number of esters is 1. The standard InChI is InChI=1S/C31H31NO5/c1-3-36-31(34)27-17-26(27)24-13-9-22(10-14-24)23-11-15-25(16-12-23)30-29(20(2)32-37-30)28(33)19-35-18-21-7-5-4-6-8-21/h4-16,26-28,33H,3,17-19H2,1-2H3/t26?,27?,28-/m1/s1. The van der Waals surface area contributed by atoms with Gasteiger partial charge in [0.15, 0.2) is 5.76 Å². The van der Waals surface area contributed by atoms with Crippen molar-refractivity contribution in [1.82, 2.24) is 5.16 Å². The molecule has 1 aliphatic carbocycles. The largest absolute Gasteiger partial charge is 0.466 e. The first-order valence-electron chi connectivity index (χ1n) is 12.7. The molecule has 1 heterocycles. The highest BCUT2D eigenvalue weighted by atomic mass is 16.5. The fraction of sp³-hybridized carbons (Fsp3) is 0.290. The van der Waals surface area contributed by atoms with Crippen molar-refractivity contribution in [2.45, 2.75) is 38.9 Å². The minimum Gasteiger partial charge on any atom is -0.466 e. The highest BCUT2D eigenvalue weighted by Gasteiger charge is 2.45. The van der Waals surface area contributed by atoms with Crippen molar-refractivity contribution in [3.63, 3.8) is 0 Å². The molecule has 3 aromatic carbocycles. The summed E-state index contributed by atoms with van der Waals surface area (Å²) in [6.45, 7) is 4.66. The van der Waals surface area contributed by atoms with Gasteiger partial charge in [0.2, 0.25) is 0 Å². The summed E-state index contributed by atoms with van der Waals surface area (Å²) in [5, 5.41) is 14.9. The summed E-state index contributed by atoms with van der Waals surface area (Å²) in [5.41, 5.74) is 6.51. The van der Waals surface area contributed by atoms with E-state index in [0.29, 0.717) is 30.2 Å². The van der Waals surface area contributed by atoms with Crippen LogP contribution < -0.4 is 0 Å². The molecule has 1 fully saturated rings. The SMILES string of the molecule is CCOC(=O)C1CC1c1ccc(-c2ccc(-c3onc(C)c3[C@H](O)COCc3ccccc3)cc2)cc1. The van der Waals surface area contributed by atoms with Crippen molar-refractivity contribution in [3.8, 4) is 22.5 Å². The Hall–Kier alpha value is -3.74. The van der Waals surface area contributed by atoms with Gasteiger partial charge in [0.25, 0.3) is 0 Å². The van der Waals surface area contributed by atoms with Crippen LogP contribution in [0, 0.1) is 12.8 Å². The maximum absolute atomic E-state index is 11.9. The molecule has 0 saturated heterocycles. The molecule has 2 unspecified atom stereocenters. The smallest absolute Gasteiger partial charge is 0.309 e. The predicted octanol–water partition coefficient (Wildman–Crippen LogP) is 6.23. The Labute approximate surface area is 216 Å². The molecule has 5 rings (SSSR count). The van der Waals surface area contributed by atoms with Crippen LogP contribution in [0.1, 0.15) is 47.8 Å². The van der Waals surface area contributed by atoms with Crippen molar-refractivity contribution < 1.29 is 23.9 Å². The Morgan fingerprint density at radius 1 is 1.00 bits per heavy atom. The van der Waals surface area contributed by atoms with Gasteiger partial charge in [0.1, 0.15) is 6.10 Å². The first kappa shape index (κ1) is 24.9. The predicted molar refractivity (Wildman–Crippen MR) is 141 cm³/mol. The van der Waals surface area contributed by atoms with Crippen LogP contribution in [-0.2, 0) is 20.9 Å². The molecule has 3 atom stereocenters. The summed E-state index contributed by atoms with van der Waals surface area (Å²) in [7, 11) is 0. The second-order valence-electron chi connectivity index (χ2n) is 9.43. The quantitative estimate of drug-likeness (QED) is 0.262. The molecule has 1 aromatic heterocycles. The average Bonchev–Trinajstić information content (AvgIpc) is 3.64. The summed E-state index contributed by atoms with van der Waals surface area (Å²) in [6, 6.07) is 26.2. The van der Waals surface area contributed by atoms with Crippen molar-refractivity contribution in [2.75, 3.05) is 13.2 Å². The molecule has 0 amide bonds. The number of hydrogen-bond acceptors (Lipinski definition) is 6. The van der Waals surface area contributed by atoms with E-state index in [4.69, 9.17) is 14.0 Å². The van der Waals surface area contributed by atoms with E-state index in [-0.39, 0.29) is 24.4 Å². The van der Waals surface area contributed by atoms with Crippen molar-refractivity contribution in [1.29, 1.82) is 0 Å². The molecule has 1 aliphatic rings. The van der Waals surface area contributed by atoms with Gasteiger partial charge in [0, 0.05) is 5.56 Å². The van der Waals surface area contributed by atoms with E-state index >= 15 is 0 Å². The van der Waals surface area contributed by atoms with E-state index in [0.717, 1.165) is 28.7 Å². The number of carbonyl (C=O) groups is 1. The molecule has 0 radical (unpaired) electrons. The molecule has 0 aliphatic heterocycles. The van der Waals surface area contributed by atoms with Crippen LogP contribution in [0.4, 0.5) is 0 Å². The minimum atomic E-state index is -0.849. The number of aryl methyl sites for hydroxylation is 1. The molecule has 6 nitrogen and oxygen atoms in total. The number of nitrogens with zero attached hydrogens (tertiary/aromatic N) is 1. The molecule has 1 N–H and O–H groups in total. The van der Waals surface area contributed by atoms with E-state index in [1.54, 1.807) is 0 Å². The number of rotatable bonds is 10. The van der Waals surface area contributed by atoms with Gasteiger partial charge in [-0.05, 0) is 48.4 Å². The van der Waals surface area contributed by atoms with Crippen LogP contribution in [0.25, 0.3) is 22.5 Å². The lowest BCUT2D eigenvalue weighted by Gasteiger charge is -2.12. The van der Waals surface area contributed by atoms with Gasteiger partial charge in [-0.3, -0.25) is 4.79 Å². The molecule has 0 bridgehead atoms. The van der Waals surface area contributed by atoms with Gasteiger partial charge in [-0.1, -0.05) is 84.0 Å². The third kappa shape index (κ3) is 5.66. The number of carbonyl (C=O) groups excluding carboxylic acids is 1. The summed E-state index contributed by atoms with van der Waals surface area (Å²) in [4.78, 5) is 11.9. The van der Waals surface area contributed by atoms with Crippen LogP contribution in [-0.4, -0.2) is 29.4 Å². The van der Waals surface area contributed by atoms with Crippen LogP contribution in [0.15, 0.2) is 83.4 Å². The van der Waals surface area contributed by atoms with Crippen LogP contribution in [0.2, 0.25) is 0 Å². The lowest BCUT2D eigenvalue weighted by Crippen LogP contribution is -2.09. The molecular formula is C31H31NO5. The number of ether oxygens (including phenoxy) is 2. The fourth-order valence-electron chi connectivity index (χ4n) is 4.73. The topological polar surface area (TPSA) is 81.8 Å². The Balaban J connectivity index is 1.24. The normalized spacial score (nSPS) is 17.4. The number of aromatic nitrogens is 1. The second kappa shape index (κ2) is 11.1. The second-order valence-corrected chi connectivity index (χ2v) is 9.43. The average molecular weight is 498 g/mol. The summed E-state index contributed by atoms with van der Waals surface area (Å²) in [5.74, 6) is 0.700. The Morgan fingerprint density at radius 2 is 1.65 bits per heavy atom. The van der Waals surface area contributed by atoms with Crippen LogP contribution in [0.5, 0.6) is 0 Å². The maximum Gasteiger partial charge on any atom is 0.309 e. The molecule has 37 heavy (non-hydrogen) atoms. The Kier molecular flexibility index (Phi) is 7.49. The first-order valence-corrected chi connectivity index (χ1v) is 12.7. The van der Waals surface area contributed by atoms with Crippen LogP contribution in [0.3, 0.4) is 0 Å². The maximum atomic E-state index is 11.9. The molecule has 4 aromatic rings. The molecule has 1 saturated carbocycles. The van der Waals surface area contributed by atoms with E-state index in [1.807, 2.05) is 68.4 Å². The lowest BCUT2D eigenvalue weighted by molar-refractivity contribution is -0.144. The monoisotopic (exact) mass is 497 g/mol. The number of benzene rings is 3. The van der Waals surface area contributed by atoms with E-state index in [9.17, 15) is 9.90 Å². The molecule has 6 heteroatoms. The number of aliphatic hydroxyl groups excluding tert-OH is 1. The third-order valence-electron chi connectivity index (χ3n) is 6.83. The van der Waals surface area contributed by atoms with E-state index in [2.05, 4.69) is 29.4 Å². The first-order chi connectivity index (χ1) is 18.0. The highest BCUT2D eigenvalue weighted by molar-refractivity contribution is 5.77. The van der Waals surface area contributed by atoms with Gasteiger partial charge >= 0.3 is 5.97 Å². The summed E-state index contributed by atoms with van der Waals surface area (Å²) in [6.07, 6.45) is 0.00707. The lowest BCUT2D eigenvalue weighted by atomic mass is 9.98. The van der Waals surface area contributed by atoms with Crippen molar-refractivity contribution in [2.24, 2.45) is 5.92 Å². The Bertz CT molecular complexity index is 1330. The van der Waals surface area contributed by atoms with Gasteiger partial charge in [-0.25, -0.2) is 0 Å². The fourth-order valence-corrected chi connectivity index (χ4v) is 4.73. The zero-order valence-electron chi connectivity index (χ0n) is 21.1. The number of hydrogen-bond donors (Lipinski definition) is 1. The Morgan fingerprint density at radius 3 is 2.32 bits per heavy atom. The van der Waals surface area contributed by atoms with Gasteiger partial charge < -0.3 is 19.1 Å². The van der Waals surface area contributed by atoms with E-state index in [1.165, 1.54) is 5.56 Å². The van der Waals surface area contributed by atoms with Gasteiger partial charge in [0.05, 0.1) is 37.0 Å². The van der Waals surface area contributed by atoms with Crippen molar-refractivity contribution in [3.05, 3.63) is 101 Å². The molecule has 190 valence electrons. The molecular weight excluding hydrogens is 466 g/mol. The van der Waals surface area contributed by atoms with Crippen LogP contribution >= 0.6 is 0 Å². The third-order valence-corrected chi connectivity index (χ3v) is 6.83. The summed E-state index contributed by atoms with van der Waals surface area (Å²) >= 11 is 0. The van der Waals surface area contributed by atoms with Crippen molar-refractivity contribution >= 4 is 5.97 Å². The minimum absolute atomic E-state index is 0.0104.